The van der Waals surface area contributed by atoms with Gasteiger partial charge in [-0.3, -0.25) is 9.89 Å². The predicted molar refractivity (Wildman–Crippen MR) is 79.8 cm³/mol. The number of rotatable bonds is 4. The van der Waals surface area contributed by atoms with Crippen LogP contribution in [0.3, 0.4) is 0 Å². The minimum atomic E-state index is 0.278. The molecule has 3 rings (SSSR count). The Kier molecular flexibility index (Phi) is 4.16. The summed E-state index contributed by atoms with van der Waals surface area (Å²) in [5.74, 6) is 0.691. The van der Waals surface area contributed by atoms with Gasteiger partial charge in [0.05, 0.1) is 0 Å². The van der Waals surface area contributed by atoms with Gasteiger partial charge in [-0.25, -0.2) is 0 Å². The summed E-state index contributed by atoms with van der Waals surface area (Å²) in [6.45, 7) is 1.72. The zero-order chi connectivity index (χ0) is 13.8. The van der Waals surface area contributed by atoms with Gasteiger partial charge in [0.2, 0.25) is 5.91 Å². The Balaban J connectivity index is 1.55. The van der Waals surface area contributed by atoms with Crippen molar-refractivity contribution < 1.29 is 4.79 Å². The molecule has 1 fully saturated rings. The Bertz CT molecular complexity index is 535. The fraction of sp³-hybridized carbons (Fsp3) is 0.467. The van der Waals surface area contributed by atoms with E-state index in [4.69, 9.17) is 0 Å². The summed E-state index contributed by atoms with van der Waals surface area (Å²) in [6.07, 6.45) is 5.47. The molecule has 0 radical (unpaired) electrons. The van der Waals surface area contributed by atoms with Gasteiger partial charge in [-0.2, -0.15) is 16.4 Å². The smallest absolute Gasteiger partial charge is 0.222 e. The molecule has 1 N–H and O–H groups in total. The van der Waals surface area contributed by atoms with E-state index in [1.165, 1.54) is 5.56 Å². The van der Waals surface area contributed by atoms with Crippen LogP contribution in [0.15, 0.2) is 29.1 Å². The van der Waals surface area contributed by atoms with Gasteiger partial charge < -0.3 is 4.90 Å². The second-order valence-corrected chi connectivity index (χ2v) is 6.10. The first-order valence-electron chi connectivity index (χ1n) is 7.11. The van der Waals surface area contributed by atoms with Crippen LogP contribution in [0.5, 0.6) is 0 Å². The molecule has 1 saturated heterocycles. The van der Waals surface area contributed by atoms with Crippen molar-refractivity contribution in [1.82, 2.24) is 15.1 Å². The Morgan fingerprint density at radius 1 is 1.50 bits per heavy atom. The Morgan fingerprint density at radius 3 is 3.20 bits per heavy atom. The fourth-order valence-corrected chi connectivity index (χ4v) is 3.50. The number of carbonyl (C=O) groups is 1. The molecule has 3 heterocycles. The number of likely N-dealkylation sites (tertiary alicyclic amines) is 1. The number of carbonyl (C=O) groups excluding carboxylic acids is 1. The second-order valence-electron chi connectivity index (χ2n) is 5.32. The second kappa shape index (κ2) is 6.22. The number of aromatic amines is 1. The van der Waals surface area contributed by atoms with E-state index in [0.717, 1.165) is 38.0 Å². The van der Waals surface area contributed by atoms with Crippen molar-refractivity contribution in [3.05, 3.63) is 40.3 Å². The van der Waals surface area contributed by atoms with E-state index in [0.29, 0.717) is 12.3 Å². The van der Waals surface area contributed by atoms with Crippen molar-refractivity contribution in [2.24, 2.45) is 0 Å². The number of amides is 1. The van der Waals surface area contributed by atoms with Gasteiger partial charge in [-0.05, 0) is 47.7 Å². The molecule has 0 spiro atoms. The lowest BCUT2D eigenvalue weighted by Crippen LogP contribution is -2.39. The van der Waals surface area contributed by atoms with Crippen LogP contribution in [0.2, 0.25) is 0 Å². The maximum Gasteiger partial charge on any atom is 0.222 e. The summed E-state index contributed by atoms with van der Waals surface area (Å²) < 4.78 is 0. The number of thiophene rings is 1. The van der Waals surface area contributed by atoms with Crippen molar-refractivity contribution in [3.8, 4) is 0 Å². The molecule has 0 aliphatic carbocycles. The van der Waals surface area contributed by atoms with Gasteiger partial charge in [0.15, 0.2) is 0 Å². The molecule has 1 amide bonds. The van der Waals surface area contributed by atoms with E-state index in [1.54, 1.807) is 17.5 Å². The molecule has 1 aliphatic rings. The highest BCUT2D eigenvalue weighted by molar-refractivity contribution is 7.07. The summed E-state index contributed by atoms with van der Waals surface area (Å²) >= 11 is 1.69. The lowest BCUT2D eigenvalue weighted by Gasteiger charge is -2.32. The highest BCUT2D eigenvalue weighted by Gasteiger charge is 2.25. The molecule has 4 nitrogen and oxygen atoms in total. The van der Waals surface area contributed by atoms with Crippen LogP contribution in [0.4, 0.5) is 0 Å². The van der Waals surface area contributed by atoms with Crippen molar-refractivity contribution in [2.75, 3.05) is 13.1 Å². The molecule has 2 aromatic rings. The van der Waals surface area contributed by atoms with Crippen LogP contribution < -0.4 is 0 Å². The summed E-state index contributed by atoms with van der Waals surface area (Å²) in [5, 5.41) is 11.2. The average molecular weight is 289 g/mol. The molecular weight excluding hydrogens is 270 g/mol. The number of hydrogen-bond acceptors (Lipinski definition) is 3. The normalized spacial score (nSPS) is 19.2. The number of nitrogens with zero attached hydrogens (tertiary/aromatic N) is 2. The monoisotopic (exact) mass is 289 g/mol. The molecular formula is C15H19N3OS. The summed E-state index contributed by atoms with van der Waals surface area (Å²) in [5.41, 5.74) is 2.42. The van der Waals surface area contributed by atoms with Gasteiger partial charge in [-0.1, -0.05) is 0 Å². The Hall–Kier alpha value is -1.62. The van der Waals surface area contributed by atoms with Crippen LogP contribution in [-0.2, 0) is 11.2 Å². The molecule has 1 atom stereocenters. The molecule has 20 heavy (non-hydrogen) atoms. The van der Waals surface area contributed by atoms with Crippen molar-refractivity contribution >= 4 is 17.2 Å². The molecule has 1 aliphatic heterocycles. The van der Waals surface area contributed by atoms with E-state index in [9.17, 15) is 4.79 Å². The maximum absolute atomic E-state index is 12.3. The van der Waals surface area contributed by atoms with Gasteiger partial charge in [-0.15, -0.1) is 0 Å². The van der Waals surface area contributed by atoms with Gasteiger partial charge >= 0.3 is 0 Å². The molecule has 1 unspecified atom stereocenters. The van der Waals surface area contributed by atoms with E-state index in [-0.39, 0.29) is 5.91 Å². The summed E-state index contributed by atoms with van der Waals surface area (Å²) in [6, 6.07) is 4.12. The van der Waals surface area contributed by atoms with Crippen LogP contribution in [0, 0.1) is 0 Å². The maximum atomic E-state index is 12.3. The Labute approximate surface area is 122 Å². The number of aryl methyl sites for hydroxylation is 1. The van der Waals surface area contributed by atoms with E-state index in [2.05, 4.69) is 27.0 Å². The number of piperidine rings is 1. The minimum Gasteiger partial charge on any atom is -0.342 e. The molecule has 0 aromatic carbocycles. The number of aromatic nitrogens is 2. The zero-order valence-corrected chi connectivity index (χ0v) is 12.2. The van der Waals surface area contributed by atoms with Crippen LogP contribution in [0.25, 0.3) is 0 Å². The first-order valence-corrected chi connectivity index (χ1v) is 8.05. The summed E-state index contributed by atoms with van der Waals surface area (Å²) in [7, 11) is 0. The molecule has 0 bridgehead atoms. The van der Waals surface area contributed by atoms with Crippen LogP contribution in [0.1, 0.15) is 36.4 Å². The highest BCUT2D eigenvalue weighted by atomic mass is 32.1. The quantitative estimate of drug-likeness (QED) is 0.941. The Morgan fingerprint density at radius 2 is 2.45 bits per heavy atom. The molecule has 2 aromatic heterocycles. The average Bonchev–Trinajstić information content (AvgIpc) is 3.18. The highest BCUT2D eigenvalue weighted by Crippen LogP contribution is 2.25. The topological polar surface area (TPSA) is 49.0 Å². The van der Waals surface area contributed by atoms with Crippen molar-refractivity contribution in [3.63, 3.8) is 0 Å². The molecule has 0 saturated carbocycles. The van der Waals surface area contributed by atoms with Gasteiger partial charge in [0, 0.05) is 37.3 Å². The first-order chi connectivity index (χ1) is 9.83. The summed E-state index contributed by atoms with van der Waals surface area (Å²) in [4.78, 5) is 14.3. The SMILES string of the molecule is O=C(CCc1ccsc1)N1CCCC(c2ccn[nH]2)C1. The number of H-pyrrole nitrogens is 1. The third kappa shape index (κ3) is 3.10. The van der Waals surface area contributed by atoms with Crippen molar-refractivity contribution in [2.45, 2.75) is 31.6 Å². The standard InChI is InChI=1S/C15H19N3OS/c19-15(4-3-12-6-9-20-11-12)18-8-1-2-13(10-18)14-5-7-16-17-14/h5-7,9,11,13H,1-4,8,10H2,(H,16,17). The van der Waals surface area contributed by atoms with Crippen LogP contribution >= 0.6 is 11.3 Å². The fourth-order valence-electron chi connectivity index (χ4n) is 2.80. The van der Waals surface area contributed by atoms with Crippen molar-refractivity contribution in [1.29, 1.82) is 0 Å². The molecule has 106 valence electrons. The van der Waals surface area contributed by atoms with E-state index >= 15 is 0 Å². The number of hydrogen-bond donors (Lipinski definition) is 1. The lowest BCUT2D eigenvalue weighted by molar-refractivity contribution is -0.132. The first kappa shape index (κ1) is 13.4. The lowest BCUT2D eigenvalue weighted by atomic mass is 9.94. The van der Waals surface area contributed by atoms with Crippen LogP contribution in [-0.4, -0.2) is 34.1 Å². The van der Waals surface area contributed by atoms with Gasteiger partial charge in [0.25, 0.3) is 0 Å². The third-order valence-electron chi connectivity index (χ3n) is 3.94. The predicted octanol–water partition coefficient (Wildman–Crippen LogP) is 2.81. The van der Waals surface area contributed by atoms with E-state index in [1.807, 2.05) is 11.0 Å². The van der Waals surface area contributed by atoms with E-state index < -0.39 is 0 Å². The van der Waals surface area contributed by atoms with Gasteiger partial charge in [0.1, 0.15) is 0 Å². The molecule has 5 heteroatoms. The number of nitrogens with one attached hydrogen (secondary N) is 1. The third-order valence-corrected chi connectivity index (χ3v) is 4.68. The zero-order valence-electron chi connectivity index (χ0n) is 11.4. The largest absolute Gasteiger partial charge is 0.342 e. The minimum absolute atomic E-state index is 0.278.